The van der Waals surface area contributed by atoms with Crippen molar-refractivity contribution in [2.75, 3.05) is 0 Å². The van der Waals surface area contributed by atoms with E-state index in [1.165, 1.54) is 43.4 Å². The predicted molar refractivity (Wildman–Crippen MR) is 84.5 cm³/mol. The molecule has 2 N–H and O–H groups in total. The second kappa shape index (κ2) is 4.99. The predicted octanol–water partition coefficient (Wildman–Crippen LogP) is 3.87. The van der Waals surface area contributed by atoms with Gasteiger partial charge in [-0.1, -0.05) is 31.4 Å². The largest absolute Gasteiger partial charge is 0.321 e. The van der Waals surface area contributed by atoms with Crippen molar-refractivity contribution in [2.45, 2.75) is 56.4 Å². The van der Waals surface area contributed by atoms with E-state index in [4.69, 9.17) is 5.73 Å². The molecule has 0 bridgehead atoms. The Bertz CT molecular complexity index is 616. The van der Waals surface area contributed by atoms with Crippen LogP contribution in [-0.4, -0.2) is 9.78 Å². The van der Waals surface area contributed by atoms with E-state index in [-0.39, 0.29) is 5.54 Å². The van der Waals surface area contributed by atoms with Gasteiger partial charge < -0.3 is 5.73 Å². The van der Waals surface area contributed by atoms with Crippen molar-refractivity contribution in [3.05, 3.63) is 47.8 Å². The minimum absolute atomic E-state index is 0.111. The average Bonchev–Trinajstić information content (AvgIpc) is 3.25. The van der Waals surface area contributed by atoms with Gasteiger partial charge in [0.15, 0.2) is 0 Å². The molecule has 3 heteroatoms. The summed E-state index contributed by atoms with van der Waals surface area (Å²) in [7, 11) is 0. The van der Waals surface area contributed by atoms with Gasteiger partial charge in [0.2, 0.25) is 0 Å². The first-order chi connectivity index (χ1) is 10.3. The van der Waals surface area contributed by atoms with Crippen LogP contribution in [0.2, 0.25) is 0 Å². The van der Waals surface area contributed by atoms with Gasteiger partial charge in [-0.25, -0.2) is 4.68 Å². The maximum atomic E-state index is 6.61. The van der Waals surface area contributed by atoms with Crippen LogP contribution in [0, 0.1) is 0 Å². The Hall–Kier alpha value is -1.61. The van der Waals surface area contributed by atoms with Crippen LogP contribution < -0.4 is 5.73 Å². The van der Waals surface area contributed by atoms with Gasteiger partial charge in [-0.3, -0.25) is 0 Å². The van der Waals surface area contributed by atoms with Crippen LogP contribution in [0.15, 0.2) is 36.5 Å². The van der Waals surface area contributed by atoms with E-state index < -0.39 is 0 Å². The first-order valence-corrected chi connectivity index (χ1v) is 8.20. The molecule has 3 nitrogen and oxygen atoms in total. The highest BCUT2D eigenvalue weighted by Gasteiger charge is 2.30. The summed E-state index contributed by atoms with van der Waals surface area (Å²) in [6, 6.07) is 10.9. The summed E-state index contributed by atoms with van der Waals surface area (Å²) in [5.41, 5.74) is 10.3. The summed E-state index contributed by atoms with van der Waals surface area (Å²) >= 11 is 0. The molecule has 2 aliphatic rings. The van der Waals surface area contributed by atoms with E-state index in [0.717, 1.165) is 18.5 Å². The Morgan fingerprint density at radius 3 is 2.38 bits per heavy atom. The Morgan fingerprint density at radius 2 is 1.71 bits per heavy atom. The third-order valence-electron chi connectivity index (χ3n) is 5.10. The smallest absolute Gasteiger partial charge is 0.0649 e. The van der Waals surface area contributed by atoms with Crippen molar-refractivity contribution in [3.63, 3.8) is 0 Å². The zero-order valence-corrected chi connectivity index (χ0v) is 12.5. The van der Waals surface area contributed by atoms with Gasteiger partial charge in [0, 0.05) is 23.3 Å². The number of hydrogen-bond donors (Lipinski definition) is 1. The third kappa shape index (κ3) is 2.40. The molecule has 4 rings (SSSR count). The highest BCUT2D eigenvalue weighted by Crippen LogP contribution is 2.41. The molecule has 2 fully saturated rings. The van der Waals surface area contributed by atoms with E-state index in [1.807, 2.05) is 6.20 Å². The van der Waals surface area contributed by atoms with Gasteiger partial charge in [0.05, 0.1) is 5.69 Å². The fourth-order valence-corrected chi connectivity index (χ4v) is 3.62. The van der Waals surface area contributed by atoms with Gasteiger partial charge in [-0.05, 0) is 49.4 Å². The molecule has 0 radical (unpaired) electrons. The normalized spacial score (nSPS) is 21.4. The highest BCUT2D eigenvalue weighted by atomic mass is 15.3. The second-order valence-electron chi connectivity index (χ2n) is 6.71. The van der Waals surface area contributed by atoms with Crippen molar-refractivity contribution < 1.29 is 0 Å². The van der Waals surface area contributed by atoms with Gasteiger partial charge in [-0.2, -0.15) is 5.10 Å². The zero-order chi connectivity index (χ0) is 14.3. The molecule has 110 valence electrons. The topological polar surface area (TPSA) is 43.8 Å². The summed E-state index contributed by atoms with van der Waals surface area (Å²) in [5.74, 6) is 0.714. The molecule has 0 spiro atoms. The SMILES string of the molecule is NC1(c2ccc(-n3nccc3C3CC3)cc2)CCCCC1. The van der Waals surface area contributed by atoms with Crippen LogP contribution in [0.1, 0.15) is 62.1 Å². The minimum Gasteiger partial charge on any atom is -0.321 e. The molecule has 2 aromatic rings. The van der Waals surface area contributed by atoms with Gasteiger partial charge in [0.1, 0.15) is 0 Å². The van der Waals surface area contributed by atoms with E-state index in [2.05, 4.69) is 40.1 Å². The molecule has 1 heterocycles. The van der Waals surface area contributed by atoms with E-state index in [0.29, 0.717) is 5.92 Å². The Labute approximate surface area is 126 Å². The third-order valence-corrected chi connectivity index (χ3v) is 5.10. The van der Waals surface area contributed by atoms with Gasteiger partial charge in [-0.15, -0.1) is 0 Å². The van der Waals surface area contributed by atoms with Crippen LogP contribution in [0.5, 0.6) is 0 Å². The molecule has 0 saturated heterocycles. The molecule has 1 aromatic heterocycles. The molecule has 1 aromatic carbocycles. The summed E-state index contributed by atoms with van der Waals surface area (Å²) in [4.78, 5) is 0. The average molecular weight is 281 g/mol. The van der Waals surface area contributed by atoms with E-state index in [9.17, 15) is 0 Å². The van der Waals surface area contributed by atoms with Gasteiger partial charge in [0.25, 0.3) is 0 Å². The summed E-state index contributed by atoms with van der Waals surface area (Å²) < 4.78 is 2.09. The lowest BCUT2D eigenvalue weighted by atomic mass is 9.77. The summed E-state index contributed by atoms with van der Waals surface area (Å²) in [5, 5.41) is 4.49. The van der Waals surface area contributed by atoms with Crippen LogP contribution in [0.3, 0.4) is 0 Å². The van der Waals surface area contributed by atoms with Crippen LogP contribution in [-0.2, 0) is 5.54 Å². The van der Waals surface area contributed by atoms with Crippen molar-refractivity contribution in [3.8, 4) is 5.69 Å². The number of rotatable bonds is 3. The fraction of sp³-hybridized carbons (Fsp3) is 0.500. The number of aromatic nitrogens is 2. The van der Waals surface area contributed by atoms with Crippen molar-refractivity contribution >= 4 is 0 Å². The van der Waals surface area contributed by atoms with Crippen molar-refractivity contribution in [1.82, 2.24) is 9.78 Å². The number of nitrogens with two attached hydrogens (primary N) is 1. The maximum Gasteiger partial charge on any atom is 0.0649 e. The first kappa shape index (κ1) is 13.1. The molecule has 2 saturated carbocycles. The lowest BCUT2D eigenvalue weighted by molar-refractivity contribution is 0.302. The maximum absolute atomic E-state index is 6.61. The van der Waals surface area contributed by atoms with E-state index >= 15 is 0 Å². The second-order valence-corrected chi connectivity index (χ2v) is 6.71. The quantitative estimate of drug-likeness (QED) is 0.928. The first-order valence-electron chi connectivity index (χ1n) is 8.20. The van der Waals surface area contributed by atoms with E-state index in [1.54, 1.807) is 0 Å². The fourth-order valence-electron chi connectivity index (χ4n) is 3.62. The standard InChI is InChI=1S/C18H23N3/c19-18(11-2-1-3-12-18)15-6-8-16(9-7-15)21-17(10-13-20-21)14-4-5-14/h6-10,13-14H,1-5,11-12,19H2. The Balaban J connectivity index is 1.62. The molecular weight excluding hydrogens is 258 g/mol. The summed E-state index contributed by atoms with van der Waals surface area (Å²) in [6.07, 6.45) is 10.6. The van der Waals surface area contributed by atoms with Crippen LogP contribution >= 0.6 is 0 Å². The minimum atomic E-state index is -0.111. The molecular formula is C18H23N3. The summed E-state index contributed by atoms with van der Waals surface area (Å²) in [6.45, 7) is 0. The van der Waals surface area contributed by atoms with Crippen molar-refractivity contribution in [1.29, 1.82) is 0 Å². The van der Waals surface area contributed by atoms with Crippen LogP contribution in [0.25, 0.3) is 5.69 Å². The molecule has 0 atom stereocenters. The lowest BCUT2D eigenvalue weighted by Crippen LogP contribution is -2.38. The molecule has 0 amide bonds. The Kier molecular flexibility index (Phi) is 3.11. The van der Waals surface area contributed by atoms with Gasteiger partial charge >= 0.3 is 0 Å². The number of benzene rings is 1. The Morgan fingerprint density at radius 1 is 1.00 bits per heavy atom. The lowest BCUT2D eigenvalue weighted by Gasteiger charge is -2.34. The number of hydrogen-bond acceptors (Lipinski definition) is 2. The van der Waals surface area contributed by atoms with Crippen molar-refractivity contribution in [2.24, 2.45) is 5.73 Å². The monoisotopic (exact) mass is 281 g/mol. The number of nitrogens with zero attached hydrogens (tertiary/aromatic N) is 2. The van der Waals surface area contributed by atoms with Crippen LogP contribution in [0.4, 0.5) is 0 Å². The zero-order valence-electron chi connectivity index (χ0n) is 12.5. The highest BCUT2D eigenvalue weighted by molar-refractivity contribution is 5.39. The molecule has 0 aliphatic heterocycles. The molecule has 2 aliphatic carbocycles. The molecule has 21 heavy (non-hydrogen) atoms. The molecule has 0 unspecified atom stereocenters.